The van der Waals surface area contributed by atoms with Crippen LogP contribution in [0, 0.1) is 6.07 Å². The van der Waals surface area contributed by atoms with Crippen molar-refractivity contribution in [3.63, 3.8) is 0 Å². The molecule has 0 radical (unpaired) electrons. The summed E-state index contributed by atoms with van der Waals surface area (Å²) >= 11 is 1.58. The van der Waals surface area contributed by atoms with Gasteiger partial charge in [0.05, 0.1) is 22.5 Å². The van der Waals surface area contributed by atoms with Gasteiger partial charge >= 0.3 is 17.7 Å². The number of fused-ring (bicyclic) bond motifs is 5. The van der Waals surface area contributed by atoms with Crippen LogP contribution in [0.25, 0.3) is 4.85 Å². The fourth-order valence-corrected chi connectivity index (χ4v) is 6.37. The molecule has 1 aromatic carbocycles. The highest BCUT2D eigenvalue weighted by atomic mass is 32.2. The highest BCUT2D eigenvalue weighted by molar-refractivity contribution is 8.03. The van der Waals surface area contributed by atoms with Gasteiger partial charge in [0.25, 0.3) is 5.91 Å². The third-order valence-corrected chi connectivity index (χ3v) is 8.38. The summed E-state index contributed by atoms with van der Waals surface area (Å²) in [5.74, 6) is 0.175. The number of amides is 2. The zero-order chi connectivity index (χ0) is 25.5. The number of dihydropyridines is 1. The van der Waals surface area contributed by atoms with Gasteiger partial charge in [0.1, 0.15) is 12.0 Å². The topological polar surface area (TPSA) is 84.3 Å². The third kappa shape index (κ3) is 4.49. The van der Waals surface area contributed by atoms with Crippen molar-refractivity contribution < 1.29 is 9.59 Å². The largest absolute Gasteiger partial charge is 0.419 e. The Bertz CT molecular complexity index is 1350. The first kappa shape index (κ1) is 23.7. The highest BCUT2D eigenvalue weighted by Crippen LogP contribution is 2.52. The second-order valence-corrected chi connectivity index (χ2v) is 10.9. The Morgan fingerprint density at radius 1 is 1.14 bits per heavy atom. The van der Waals surface area contributed by atoms with Crippen LogP contribution < -0.4 is 20.9 Å². The zero-order valence-electron chi connectivity index (χ0n) is 21.0. The summed E-state index contributed by atoms with van der Waals surface area (Å²) in [6.45, 7) is 5.98. The Kier molecular flexibility index (Phi) is 6.18. The summed E-state index contributed by atoms with van der Waals surface area (Å²) in [4.78, 5) is 38.4. The molecule has 0 saturated carbocycles. The number of rotatable bonds is 3. The maximum Gasteiger partial charge on any atom is 0.419 e. The molecule has 2 unspecified atom stereocenters. The molecule has 1 aromatic rings. The van der Waals surface area contributed by atoms with E-state index in [4.69, 9.17) is 0 Å². The Hall–Kier alpha value is -3.68. The lowest BCUT2D eigenvalue weighted by Gasteiger charge is -2.42. The highest BCUT2D eigenvalue weighted by Gasteiger charge is 2.42. The first-order chi connectivity index (χ1) is 18.0. The summed E-state index contributed by atoms with van der Waals surface area (Å²) in [5.41, 5.74) is 2.87. The second-order valence-electron chi connectivity index (χ2n) is 9.83. The molecule has 1 saturated heterocycles. The van der Waals surface area contributed by atoms with E-state index >= 15 is 0 Å². The van der Waals surface area contributed by atoms with E-state index in [1.807, 2.05) is 19.1 Å². The van der Waals surface area contributed by atoms with Crippen LogP contribution in [-0.4, -0.2) is 67.0 Å². The molecule has 190 valence electrons. The Morgan fingerprint density at radius 3 is 2.84 bits per heavy atom. The summed E-state index contributed by atoms with van der Waals surface area (Å²) in [7, 11) is 2.17. The van der Waals surface area contributed by atoms with E-state index in [2.05, 4.69) is 72.9 Å². The van der Waals surface area contributed by atoms with Crippen molar-refractivity contribution in [3.05, 3.63) is 75.2 Å². The summed E-state index contributed by atoms with van der Waals surface area (Å²) in [6, 6.07) is 10.9. The minimum absolute atomic E-state index is 0.0756. The molecule has 0 aromatic heterocycles. The third-order valence-electron chi connectivity index (χ3n) is 7.18. The van der Waals surface area contributed by atoms with E-state index < -0.39 is 11.8 Å². The molecule has 37 heavy (non-hydrogen) atoms. The van der Waals surface area contributed by atoms with Crippen LogP contribution in [0.5, 0.6) is 0 Å². The van der Waals surface area contributed by atoms with Crippen LogP contribution >= 0.6 is 11.8 Å². The van der Waals surface area contributed by atoms with Crippen LogP contribution in [0.3, 0.4) is 0 Å². The lowest BCUT2D eigenvalue weighted by atomic mass is 9.95. The van der Waals surface area contributed by atoms with Gasteiger partial charge in [0.15, 0.2) is 6.04 Å². The molecule has 5 aliphatic heterocycles. The van der Waals surface area contributed by atoms with E-state index in [1.165, 1.54) is 6.20 Å². The number of hydrogen-bond acceptors (Lipinski definition) is 8. The number of thioether (sulfide) groups is 1. The van der Waals surface area contributed by atoms with Crippen molar-refractivity contribution in [2.75, 3.05) is 38.1 Å². The molecular weight excluding hydrogens is 486 g/mol. The van der Waals surface area contributed by atoms with Gasteiger partial charge in [0, 0.05) is 31.0 Å². The van der Waals surface area contributed by atoms with Crippen molar-refractivity contribution in [3.8, 4) is 6.07 Å². The Labute approximate surface area is 220 Å². The SMILES string of the molecule is CC1C#[N+]C(C(=O)NC(=O)C2=C3Sc4ccccc4N3C3NC(N4CCCN(C)CC4)=CC=C3C2)=CN1. The first-order valence-electron chi connectivity index (χ1n) is 12.7. The number of carbonyl (C=O) groups is 2. The second kappa shape index (κ2) is 9.65. The molecule has 3 N–H and O–H groups in total. The predicted molar refractivity (Wildman–Crippen MR) is 144 cm³/mol. The smallest absolute Gasteiger partial charge is 0.366 e. The number of benzene rings is 1. The van der Waals surface area contributed by atoms with E-state index in [0.29, 0.717) is 12.0 Å². The average Bonchev–Trinajstić information content (AvgIpc) is 3.16. The van der Waals surface area contributed by atoms with E-state index in [9.17, 15) is 9.59 Å². The molecule has 10 heteroatoms. The van der Waals surface area contributed by atoms with Gasteiger partial charge in [-0.1, -0.05) is 30.0 Å². The molecule has 0 aliphatic carbocycles. The molecule has 9 nitrogen and oxygen atoms in total. The van der Waals surface area contributed by atoms with E-state index in [0.717, 1.165) is 59.6 Å². The summed E-state index contributed by atoms with van der Waals surface area (Å²) in [5, 5.41) is 10.2. The van der Waals surface area contributed by atoms with Gasteiger partial charge in [-0.3, -0.25) is 14.9 Å². The molecule has 0 spiro atoms. The number of imide groups is 1. The monoisotopic (exact) mass is 516 g/mol. The fourth-order valence-electron chi connectivity index (χ4n) is 5.15. The van der Waals surface area contributed by atoms with Gasteiger partial charge in [-0.25, -0.2) is 0 Å². The van der Waals surface area contributed by atoms with Crippen LogP contribution in [0.2, 0.25) is 0 Å². The van der Waals surface area contributed by atoms with Crippen LogP contribution in [0.15, 0.2) is 75.2 Å². The standard InChI is InChI=1S/C27H29N7O2S/c1-17-15-29-20(16-28-17)26(36)31-25(35)19-14-18-8-9-23(33-11-5-10-32(2)12-13-33)30-24(18)34-21-6-3-4-7-22(21)37-27(19)34/h3-4,6-9,16-17,24,30H,5,10-14H2,1-2H3,(H-,28,31,35,36)/p+1. The van der Waals surface area contributed by atoms with Crippen LogP contribution in [-0.2, 0) is 9.59 Å². The van der Waals surface area contributed by atoms with Gasteiger partial charge in [-0.15, -0.1) is 0 Å². The maximum absolute atomic E-state index is 13.4. The number of nitrogens with zero attached hydrogens (tertiary/aromatic N) is 4. The van der Waals surface area contributed by atoms with Crippen molar-refractivity contribution in [1.29, 1.82) is 0 Å². The zero-order valence-corrected chi connectivity index (χ0v) is 21.8. The number of allylic oxidation sites excluding steroid dienone is 2. The quantitative estimate of drug-likeness (QED) is 0.529. The Morgan fingerprint density at radius 2 is 2.00 bits per heavy atom. The van der Waals surface area contributed by atoms with Gasteiger partial charge in [-0.2, -0.15) is 0 Å². The van der Waals surface area contributed by atoms with Crippen LogP contribution in [0.4, 0.5) is 5.69 Å². The number of anilines is 1. The normalized spacial score (nSPS) is 24.5. The number of hydrogen-bond donors (Lipinski definition) is 3. The molecular formula is C27H30N7O2S+. The summed E-state index contributed by atoms with van der Waals surface area (Å²) < 4.78 is 0. The van der Waals surface area contributed by atoms with E-state index in [1.54, 1.807) is 11.8 Å². The lowest BCUT2D eigenvalue weighted by molar-refractivity contribution is -0.126. The molecule has 5 aliphatic rings. The molecule has 2 amide bonds. The number of para-hydroxylation sites is 1. The predicted octanol–water partition coefficient (Wildman–Crippen LogP) is 2.36. The summed E-state index contributed by atoms with van der Waals surface area (Å²) in [6.07, 6.45) is 7.27. The molecule has 1 fully saturated rings. The maximum atomic E-state index is 13.4. The first-order valence-corrected chi connectivity index (χ1v) is 13.5. The average molecular weight is 517 g/mol. The van der Waals surface area contributed by atoms with Crippen LogP contribution in [0.1, 0.15) is 19.8 Å². The van der Waals surface area contributed by atoms with Gasteiger partial charge in [0.2, 0.25) is 0 Å². The Balaban J connectivity index is 1.30. The van der Waals surface area contributed by atoms with Crippen molar-refractivity contribution in [2.45, 2.75) is 36.9 Å². The lowest BCUT2D eigenvalue weighted by Crippen LogP contribution is -2.52. The number of carbonyl (C=O) groups excluding carboxylic acids is 2. The minimum Gasteiger partial charge on any atom is -0.366 e. The molecule has 2 atom stereocenters. The van der Waals surface area contributed by atoms with Gasteiger partial charge in [-0.05, 0) is 55.6 Å². The van der Waals surface area contributed by atoms with Gasteiger partial charge < -0.3 is 25.3 Å². The fraction of sp³-hybridized carbons (Fsp3) is 0.370. The van der Waals surface area contributed by atoms with Crippen molar-refractivity contribution in [2.24, 2.45) is 0 Å². The van der Waals surface area contributed by atoms with Crippen molar-refractivity contribution in [1.82, 2.24) is 25.8 Å². The number of nitrogens with one attached hydrogen (secondary N) is 3. The molecule has 6 rings (SSSR count). The van der Waals surface area contributed by atoms with Crippen molar-refractivity contribution >= 4 is 29.3 Å². The molecule has 0 bridgehead atoms. The number of likely N-dealkylation sites (N-methyl/N-ethyl adjacent to an activating group) is 1. The minimum atomic E-state index is -0.539. The molecule has 5 heterocycles. The van der Waals surface area contributed by atoms with E-state index in [-0.39, 0.29) is 17.9 Å².